The Labute approximate surface area is 124 Å². The molecule has 0 aliphatic rings. The van der Waals surface area contributed by atoms with E-state index in [0.29, 0.717) is 5.69 Å². The third-order valence-electron chi connectivity index (χ3n) is 3.17. The van der Waals surface area contributed by atoms with Gasteiger partial charge in [-0.2, -0.15) is 0 Å². The first-order valence-electron chi connectivity index (χ1n) is 6.74. The van der Waals surface area contributed by atoms with Gasteiger partial charge in [0.1, 0.15) is 0 Å². The second kappa shape index (κ2) is 7.64. The van der Waals surface area contributed by atoms with Crippen LogP contribution in [0.25, 0.3) is 0 Å². The minimum atomic E-state index is -3.72. The van der Waals surface area contributed by atoms with Crippen LogP contribution in [0.15, 0.2) is 29.2 Å². The van der Waals surface area contributed by atoms with E-state index in [-0.39, 0.29) is 16.7 Å². The smallest absolute Gasteiger partial charge is 0.261 e. The molecule has 0 aromatic heterocycles. The molecule has 0 aliphatic heterocycles. The minimum absolute atomic E-state index is 0.00798. The lowest BCUT2D eigenvalue weighted by molar-refractivity contribution is -0.120. The molecule has 0 spiro atoms. The maximum Gasteiger partial charge on any atom is 0.261 e. The molecule has 1 atom stereocenters. The Balaban J connectivity index is 2.70. The summed E-state index contributed by atoms with van der Waals surface area (Å²) in [5.74, 6) is -0.0335. The number of carbonyl (C=O) groups is 1. The van der Waals surface area contributed by atoms with Crippen molar-refractivity contribution < 1.29 is 13.2 Å². The van der Waals surface area contributed by atoms with Crippen LogP contribution in [0, 0.1) is 5.92 Å². The van der Waals surface area contributed by atoms with Gasteiger partial charge in [-0.05, 0) is 37.1 Å². The number of benzene rings is 1. The number of hydrogen-bond donors (Lipinski definition) is 1. The number of rotatable bonds is 7. The van der Waals surface area contributed by atoms with E-state index < -0.39 is 9.05 Å². The van der Waals surface area contributed by atoms with Gasteiger partial charge in [0.25, 0.3) is 9.05 Å². The fourth-order valence-electron chi connectivity index (χ4n) is 1.92. The van der Waals surface area contributed by atoms with Crippen molar-refractivity contribution in [1.29, 1.82) is 0 Å². The summed E-state index contributed by atoms with van der Waals surface area (Å²) >= 11 is 0. The molecule has 0 radical (unpaired) electrons. The molecule has 0 aliphatic carbocycles. The highest BCUT2D eigenvalue weighted by atomic mass is 35.7. The molecule has 1 unspecified atom stereocenters. The molecule has 20 heavy (non-hydrogen) atoms. The van der Waals surface area contributed by atoms with Gasteiger partial charge in [-0.3, -0.25) is 4.79 Å². The number of nitrogens with one attached hydrogen (secondary N) is 1. The predicted octanol–water partition coefficient (Wildman–Crippen LogP) is 3.77. The van der Waals surface area contributed by atoms with Crippen LogP contribution in [0.3, 0.4) is 0 Å². The molecule has 0 fully saturated rings. The van der Waals surface area contributed by atoms with E-state index in [9.17, 15) is 13.2 Å². The lowest BCUT2D eigenvalue weighted by atomic mass is 9.98. The van der Waals surface area contributed by atoms with Crippen molar-refractivity contribution >= 4 is 31.3 Å². The second-order valence-corrected chi connectivity index (χ2v) is 7.26. The summed E-state index contributed by atoms with van der Waals surface area (Å²) in [6.45, 7) is 4.08. The van der Waals surface area contributed by atoms with Crippen LogP contribution >= 0.6 is 10.7 Å². The van der Waals surface area contributed by atoms with Gasteiger partial charge in [0.2, 0.25) is 5.91 Å². The van der Waals surface area contributed by atoms with Crippen molar-refractivity contribution in [3.8, 4) is 0 Å². The monoisotopic (exact) mass is 317 g/mol. The highest BCUT2D eigenvalue weighted by Gasteiger charge is 2.16. The topological polar surface area (TPSA) is 63.2 Å². The third kappa shape index (κ3) is 5.13. The molecular formula is C14H20ClNO3S. The van der Waals surface area contributed by atoms with Gasteiger partial charge in [0.15, 0.2) is 0 Å². The highest BCUT2D eigenvalue weighted by Crippen LogP contribution is 2.19. The molecule has 1 aromatic rings. The van der Waals surface area contributed by atoms with Crippen LogP contribution in [0.2, 0.25) is 0 Å². The Morgan fingerprint density at radius 1 is 1.25 bits per heavy atom. The molecule has 1 N–H and O–H groups in total. The average molecular weight is 318 g/mol. The number of unbranched alkanes of at least 4 members (excludes halogenated alkanes) is 1. The van der Waals surface area contributed by atoms with Crippen LogP contribution in [0.1, 0.15) is 39.5 Å². The molecule has 112 valence electrons. The molecule has 1 aromatic carbocycles. The molecule has 0 saturated heterocycles. The van der Waals surface area contributed by atoms with E-state index in [0.717, 1.165) is 25.7 Å². The van der Waals surface area contributed by atoms with E-state index in [1.165, 1.54) is 12.1 Å². The number of amides is 1. The van der Waals surface area contributed by atoms with E-state index in [2.05, 4.69) is 12.2 Å². The Morgan fingerprint density at radius 2 is 1.85 bits per heavy atom. The van der Waals surface area contributed by atoms with Gasteiger partial charge < -0.3 is 5.32 Å². The molecule has 4 nitrogen and oxygen atoms in total. The molecule has 1 rings (SSSR count). The molecular weight excluding hydrogens is 298 g/mol. The Kier molecular flexibility index (Phi) is 6.49. The minimum Gasteiger partial charge on any atom is -0.326 e. The van der Waals surface area contributed by atoms with Crippen LogP contribution in [0.4, 0.5) is 5.69 Å². The first kappa shape index (κ1) is 17.0. The van der Waals surface area contributed by atoms with Gasteiger partial charge in [-0.15, -0.1) is 0 Å². The number of hydrogen-bond acceptors (Lipinski definition) is 3. The summed E-state index contributed by atoms with van der Waals surface area (Å²) in [5.41, 5.74) is 0.578. The first-order chi connectivity index (χ1) is 9.38. The highest BCUT2D eigenvalue weighted by molar-refractivity contribution is 8.13. The van der Waals surface area contributed by atoms with Gasteiger partial charge in [0, 0.05) is 22.3 Å². The Hall–Kier alpha value is -1.07. The summed E-state index contributed by atoms with van der Waals surface area (Å²) in [6, 6.07) is 5.84. The fourth-order valence-corrected chi connectivity index (χ4v) is 2.69. The van der Waals surface area contributed by atoms with Crippen LogP contribution in [-0.2, 0) is 13.8 Å². The Morgan fingerprint density at radius 3 is 2.30 bits per heavy atom. The van der Waals surface area contributed by atoms with Crippen molar-refractivity contribution in [1.82, 2.24) is 0 Å². The second-order valence-electron chi connectivity index (χ2n) is 4.70. The van der Waals surface area contributed by atoms with Crippen LogP contribution in [0.5, 0.6) is 0 Å². The number of carbonyl (C=O) groups excluding carboxylic acids is 1. The summed E-state index contributed by atoms with van der Waals surface area (Å²) in [6.07, 6.45) is 3.74. The molecule has 1 amide bonds. The molecule has 0 bridgehead atoms. The van der Waals surface area contributed by atoms with Crippen LogP contribution in [-0.4, -0.2) is 14.3 Å². The largest absolute Gasteiger partial charge is 0.326 e. The predicted molar refractivity (Wildman–Crippen MR) is 81.4 cm³/mol. The van der Waals surface area contributed by atoms with Gasteiger partial charge >= 0.3 is 0 Å². The van der Waals surface area contributed by atoms with E-state index in [4.69, 9.17) is 10.7 Å². The fraction of sp³-hybridized carbons (Fsp3) is 0.500. The maximum absolute atomic E-state index is 12.1. The summed E-state index contributed by atoms with van der Waals surface area (Å²) in [7, 11) is 1.51. The zero-order chi connectivity index (χ0) is 15.2. The van der Waals surface area contributed by atoms with E-state index in [1.807, 2.05) is 6.92 Å². The van der Waals surface area contributed by atoms with Crippen molar-refractivity contribution in [2.45, 2.75) is 44.4 Å². The molecule has 0 heterocycles. The van der Waals surface area contributed by atoms with Crippen molar-refractivity contribution in [3.63, 3.8) is 0 Å². The van der Waals surface area contributed by atoms with E-state index >= 15 is 0 Å². The SMILES string of the molecule is CCCCC(CC)C(=O)Nc1ccc(S(=O)(=O)Cl)cc1. The summed E-state index contributed by atoms with van der Waals surface area (Å²) < 4.78 is 22.2. The summed E-state index contributed by atoms with van der Waals surface area (Å²) in [5, 5.41) is 2.80. The first-order valence-corrected chi connectivity index (χ1v) is 9.05. The molecule has 0 saturated carbocycles. The lowest BCUT2D eigenvalue weighted by Crippen LogP contribution is -2.22. The van der Waals surface area contributed by atoms with Gasteiger partial charge in [-0.1, -0.05) is 26.7 Å². The summed E-state index contributed by atoms with van der Waals surface area (Å²) in [4.78, 5) is 12.1. The van der Waals surface area contributed by atoms with Crippen molar-refractivity contribution in [2.75, 3.05) is 5.32 Å². The number of anilines is 1. The van der Waals surface area contributed by atoms with Crippen LogP contribution < -0.4 is 5.32 Å². The van der Waals surface area contributed by atoms with E-state index in [1.54, 1.807) is 12.1 Å². The lowest BCUT2D eigenvalue weighted by Gasteiger charge is -2.14. The average Bonchev–Trinajstić information content (AvgIpc) is 2.39. The normalized spacial score (nSPS) is 12.9. The standard InChI is InChI=1S/C14H20ClNO3S/c1-3-5-6-11(4-2)14(17)16-12-7-9-13(10-8-12)20(15,18)19/h7-11H,3-6H2,1-2H3,(H,16,17). The zero-order valence-corrected chi connectivity index (χ0v) is 13.3. The van der Waals surface area contributed by atoms with Gasteiger partial charge in [-0.25, -0.2) is 8.42 Å². The van der Waals surface area contributed by atoms with Gasteiger partial charge in [0.05, 0.1) is 4.90 Å². The van der Waals surface area contributed by atoms with Crippen molar-refractivity contribution in [3.05, 3.63) is 24.3 Å². The maximum atomic E-state index is 12.1. The van der Waals surface area contributed by atoms with Crippen molar-refractivity contribution in [2.24, 2.45) is 5.92 Å². The number of halogens is 1. The third-order valence-corrected chi connectivity index (χ3v) is 4.54. The molecule has 6 heteroatoms. The Bertz CT molecular complexity index is 540. The zero-order valence-electron chi connectivity index (χ0n) is 11.7. The quantitative estimate of drug-likeness (QED) is 0.779.